The van der Waals surface area contributed by atoms with Crippen molar-refractivity contribution in [2.45, 2.75) is 32.4 Å². The van der Waals surface area contributed by atoms with E-state index in [2.05, 4.69) is 32.5 Å². The Morgan fingerprint density at radius 1 is 1.03 bits per heavy atom. The van der Waals surface area contributed by atoms with Crippen molar-refractivity contribution in [1.29, 1.82) is 0 Å². The van der Waals surface area contributed by atoms with Crippen LogP contribution in [-0.4, -0.2) is 39.8 Å². The van der Waals surface area contributed by atoms with Gasteiger partial charge in [0.2, 0.25) is 5.82 Å². The fourth-order valence-corrected chi connectivity index (χ4v) is 4.35. The van der Waals surface area contributed by atoms with Gasteiger partial charge in [-0.05, 0) is 34.9 Å². The highest BCUT2D eigenvalue weighted by molar-refractivity contribution is 5.79. The zero-order valence-electron chi connectivity index (χ0n) is 19.2. The van der Waals surface area contributed by atoms with Crippen LogP contribution in [0.4, 0.5) is 0 Å². The summed E-state index contributed by atoms with van der Waals surface area (Å²) in [4.78, 5) is 17.5. The van der Waals surface area contributed by atoms with Crippen molar-refractivity contribution < 1.29 is 5.11 Å². The fourth-order valence-electron chi connectivity index (χ4n) is 4.35. The number of tetrazole rings is 1. The standard InChI is InChI=1S/C26H25N7O2/c1-2-5-23(21-6-3-4-7-24(21)34)33-15-14-32(26(33)35)17-18-8-10-19(11-9-18)22-16-27-13-12-20(22)25-28-30-31-29-25/h3-4,6-16,23,34H,2,5,17H2,1H3,(H,28,29,30,31). The summed E-state index contributed by atoms with van der Waals surface area (Å²) in [5.41, 5.74) is 4.34. The summed E-state index contributed by atoms with van der Waals surface area (Å²) in [6.07, 6.45) is 8.72. The fraction of sp³-hybridized carbons (Fsp3) is 0.192. The first-order chi connectivity index (χ1) is 17.2. The van der Waals surface area contributed by atoms with Gasteiger partial charge >= 0.3 is 5.69 Å². The third-order valence-corrected chi connectivity index (χ3v) is 6.09. The lowest BCUT2D eigenvalue weighted by atomic mass is 10.0. The van der Waals surface area contributed by atoms with Crippen LogP contribution < -0.4 is 5.69 Å². The summed E-state index contributed by atoms with van der Waals surface area (Å²) in [5, 5.41) is 24.7. The van der Waals surface area contributed by atoms with Crippen molar-refractivity contribution in [3.8, 4) is 28.3 Å². The predicted molar refractivity (Wildman–Crippen MR) is 132 cm³/mol. The number of nitrogens with one attached hydrogen (secondary N) is 1. The quantitative estimate of drug-likeness (QED) is 0.356. The van der Waals surface area contributed by atoms with Gasteiger partial charge in [-0.1, -0.05) is 55.8 Å². The molecule has 35 heavy (non-hydrogen) atoms. The Morgan fingerprint density at radius 2 is 1.86 bits per heavy atom. The zero-order chi connectivity index (χ0) is 24.2. The highest BCUT2D eigenvalue weighted by Gasteiger charge is 2.19. The Morgan fingerprint density at radius 3 is 2.60 bits per heavy atom. The van der Waals surface area contributed by atoms with Crippen LogP contribution >= 0.6 is 0 Å². The summed E-state index contributed by atoms with van der Waals surface area (Å²) in [5.74, 6) is 0.710. The van der Waals surface area contributed by atoms with Crippen LogP contribution in [0.1, 0.15) is 36.9 Å². The number of benzene rings is 2. The zero-order valence-corrected chi connectivity index (χ0v) is 19.2. The largest absolute Gasteiger partial charge is 0.508 e. The number of imidazole rings is 1. The molecule has 2 aromatic carbocycles. The van der Waals surface area contributed by atoms with Crippen LogP contribution in [0.2, 0.25) is 0 Å². The summed E-state index contributed by atoms with van der Waals surface area (Å²) in [6.45, 7) is 2.51. The van der Waals surface area contributed by atoms with E-state index in [0.717, 1.165) is 40.7 Å². The molecule has 0 aliphatic carbocycles. The van der Waals surface area contributed by atoms with E-state index in [1.54, 1.807) is 46.1 Å². The van der Waals surface area contributed by atoms with E-state index >= 15 is 0 Å². The molecule has 0 saturated carbocycles. The Hall–Kier alpha value is -4.53. The minimum Gasteiger partial charge on any atom is -0.508 e. The molecule has 5 aromatic rings. The molecule has 176 valence electrons. The lowest BCUT2D eigenvalue weighted by Gasteiger charge is -2.18. The normalized spacial score (nSPS) is 12.0. The van der Waals surface area contributed by atoms with Crippen LogP contribution in [-0.2, 0) is 6.54 Å². The van der Waals surface area contributed by atoms with Crippen LogP contribution in [0.5, 0.6) is 5.75 Å². The lowest BCUT2D eigenvalue weighted by Crippen LogP contribution is -2.28. The van der Waals surface area contributed by atoms with Gasteiger partial charge in [-0.15, -0.1) is 10.2 Å². The average Bonchev–Trinajstić information content (AvgIpc) is 3.55. The van der Waals surface area contributed by atoms with Gasteiger partial charge in [-0.2, -0.15) is 5.21 Å². The van der Waals surface area contributed by atoms with E-state index in [0.29, 0.717) is 12.4 Å². The second-order valence-electron chi connectivity index (χ2n) is 8.33. The topological polar surface area (TPSA) is 115 Å². The van der Waals surface area contributed by atoms with Gasteiger partial charge in [0.05, 0.1) is 12.6 Å². The number of hydrogen-bond donors (Lipinski definition) is 2. The number of para-hydroxylation sites is 1. The Balaban J connectivity index is 1.40. The van der Waals surface area contributed by atoms with Crippen LogP contribution in [0.3, 0.4) is 0 Å². The number of H-pyrrole nitrogens is 1. The first-order valence-electron chi connectivity index (χ1n) is 11.5. The van der Waals surface area contributed by atoms with Crippen molar-refractivity contribution in [3.63, 3.8) is 0 Å². The lowest BCUT2D eigenvalue weighted by molar-refractivity contribution is 0.438. The highest BCUT2D eigenvalue weighted by Crippen LogP contribution is 2.30. The number of aromatic nitrogens is 7. The third kappa shape index (κ3) is 4.48. The van der Waals surface area contributed by atoms with Crippen molar-refractivity contribution in [2.75, 3.05) is 0 Å². The number of aromatic hydroxyl groups is 1. The van der Waals surface area contributed by atoms with Crippen LogP contribution in [0, 0.1) is 0 Å². The summed E-state index contributed by atoms with van der Waals surface area (Å²) in [7, 11) is 0. The second kappa shape index (κ2) is 9.76. The van der Waals surface area contributed by atoms with Crippen LogP contribution in [0.25, 0.3) is 22.5 Å². The maximum absolute atomic E-state index is 13.3. The maximum atomic E-state index is 13.3. The molecule has 0 amide bonds. The number of nitrogens with zero attached hydrogens (tertiary/aromatic N) is 6. The summed E-state index contributed by atoms with van der Waals surface area (Å²) >= 11 is 0. The monoisotopic (exact) mass is 467 g/mol. The molecular formula is C26H25N7O2. The first kappa shape index (κ1) is 22.3. The third-order valence-electron chi connectivity index (χ3n) is 6.09. The summed E-state index contributed by atoms with van der Waals surface area (Å²) in [6, 6.07) is 16.8. The van der Waals surface area contributed by atoms with Crippen molar-refractivity contribution in [2.24, 2.45) is 0 Å². The molecule has 0 bridgehead atoms. The number of phenolic OH excluding ortho intramolecular Hbond substituents is 1. The van der Waals surface area contributed by atoms with Gasteiger partial charge < -0.3 is 5.11 Å². The molecule has 5 rings (SSSR count). The van der Waals surface area contributed by atoms with Gasteiger partial charge in [0, 0.05) is 41.5 Å². The maximum Gasteiger partial charge on any atom is 0.329 e. The van der Waals surface area contributed by atoms with E-state index in [1.807, 2.05) is 42.5 Å². The average molecular weight is 468 g/mol. The van der Waals surface area contributed by atoms with Crippen molar-refractivity contribution in [1.82, 2.24) is 34.7 Å². The highest BCUT2D eigenvalue weighted by atomic mass is 16.3. The molecule has 2 N–H and O–H groups in total. The van der Waals surface area contributed by atoms with Gasteiger partial charge in [-0.25, -0.2) is 4.79 Å². The SMILES string of the molecule is CCCC(c1ccccc1O)n1ccn(Cc2ccc(-c3cnccc3-c3nn[nH]n3)cc2)c1=O. The second-order valence-corrected chi connectivity index (χ2v) is 8.33. The van der Waals surface area contributed by atoms with Crippen molar-refractivity contribution in [3.05, 3.63) is 101 Å². The molecule has 0 saturated heterocycles. The van der Waals surface area contributed by atoms with E-state index in [1.165, 1.54) is 0 Å². The number of pyridine rings is 1. The van der Waals surface area contributed by atoms with E-state index in [-0.39, 0.29) is 17.5 Å². The smallest absolute Gasteiger partial charge is 0.329 e. The molecule has 1 unspecified atom stereocenters. The van der Waals surface area contributed by atoms with Crippen LogP contribution in [0.15, 0.2) is 84.2 Å². The molecule has 1 atom stereocenters. The molecule has 0 fully saturated rings. The number of aromatic amines is 1. The molecule has 0 radical (unpaired) electrons. The van der Waals surface area contributed by atoms with Gasteiger partial charge in [0.1, 0.15) is 5.75 Å². The van der Waals surface area contributed by atoms with E-state index in [9.17, 15) is 9.90 Å². The molecule has 9 heteroatoms. The Kier molecular flexibility index (Phi) is 6.21. The number of rotatable bonds is 8. The molecule has 0 aliphatic rings. The minimum atomic E-state index is -0.216. The number of hydrogen-bond acceptors (Lipinski definition) is 6. The molecular weight excluding hydrogens is 442 g/mol. The van der Waals surface area contributed by atoms with Crippen molar-refractivity contribution >= 4 is 0 Å². The predicted octanol–water partition coefficient (Wildman–Crippen LogP) is 4.04. The van der Waals surface area contributed by atoms with Gasteiger partial charge in [0.15, 0.2) is 0 Å². The minimum absolute atomic E-state index is 0.109. The Labute approximate surface area is 201 Å². The van der Waals surface area contributed by atoms with E-state index < -0.39 is 0 Å². The summed E-state index contributed by atoms with van der Waals surface area (Å²) < 4.78 is 3.40. The van der Waals surface area contributed by atoms with Gasteiger partial charge in [0.25, 0.3) is 0 Å². The van der Waals surface area contributed by atoms with E-state index in [4.69, 9.17) is 0 Å². The first-order valence-corrected chi connectivity index (χ1v) is 11.5. The molecule has 3 heterocycles. The molecule has 0 aliphatic heterocycles. The molecule has 3 aromatic heterocycles. The molecule has 0 spiro atoms. The van der Waals surface area contributed by atoms with Gasteiger partial charge in [-0.3, -0.25) is 14.1 Å². The Bertz CT molecular complexity index is 1470. The number of phenols is 1. The molecule has 9 nitrogen and oxygen atoms in total.